The van der Waals surface area contributed by atoms with Gasteiger partial charge < -0.3 is 0 Å². The molecule has 14 heavy (non-hydrogen) atoms. The highest BCUT2D eigenvalue weighted by Crippen LogP contribution is 2.12. The van der Waals surface area contributed by atoms with Gasteiger partial charge in [-0.05, 0) is 18.1 Å². The molecule has 1 aromatic rings. The molecule has 1 amide bonds. The summed E-state index contributed by atoms with van der Waals surface area (Å²) in [6.45, 7) is 3.99. The monoisotopic (exact) mass is 192 g/mol. The van der Waals surface area contributed by atoms with Gasteiger partial charge in [-0.25, -0.2) is 10.9 Å². The van der Waals surface area contributed by atoms with E-state index in [0.717, 1.165) is 5.69 Å². The van der Waals surface area contributed by atoms with E-state index in [1.165, 1.54) is 5.01 Å². The number of carbonyl (C=O) groups excluding carboxylic acids is 1. The number of nitrogens with zero attached hydrogens (tertiary/aromatic N) is 1. The molecule has 0 aliphatic carbocycles. The minimum Gasteiger partial charge on any atom is -0.273 e. The van der Waals surface area contributed by atoms with Crippen LogP contribution in [-0.4, -0.2) is 5.91 Å². The molecule has 3 heteroatoms. The van der Waals surface area contributed by atoms with E-state index < -0.39 is 0 Å². The van der Waals surface area contributed by atoms with E-state index in [4.69, 9.17) is 5.84 Å². The second kappa shape index (κ2) is 4.77. The van der Waals surface area contributed by atoms with Gasteiger partial charge in [0.2, 0.25) is 5.91 Å². The van der Waals surface area contributed by atoms with E-state index in [2.05, 4.69) is 0 Å². The summed E-state index contributed by atoms with van der Waals surface area (Å²) in [4.78, 5) is 11.6. The largest absolute Gasteiger partial charge is 0.273 e. The number of anilines is 1. The Kier molecular flexibility index (Phi) is 3.65. The van der Waals surface area contributed by atoms with Gasteiger partial charge in [0.05, 0.1) is 5.69 Å². The third kappa shape index (κ3) is 2.85. The standard InChI is InChI=1S/C11H16N2O/c1-9(2)8-11(14)13(12)10-6-4-3-5-7-10/h3-7,9H,8,12H2,1-2H3. The van der Waals surface area contributed by atoms with E-state index in [1.807, 2.05) is 44.2 Å². The molecule has 0 spiro atoms. The van der Waals surface area contributed by atoms with Crippen molar-refractivity contribution in [1.29, 1.82) is 0 Å². The lowest BCUT2D eigenvalue weighted by atomic mass is 10.1. The van der Waals surface area contributed by atoms with Crippen LogP contribution >= 0.6 is 0 Å². The SMILES string of the molecule is CC(C)CC(=O)N(N)c1ccccc1. The lowest BCUT2D eigenvalue weighted by molar-refractivity contribution is -0.119. The second-order valence-electron chi connectivity index (χ2n) is 3.70. The predicted molar refractivity (Wildman–Crippen MR) is 57.6 cm³/mol. The summed E-state index contributed by atoms with van der Waals surface area (Å²) in [5.74, 6) is 5.95. The first-order valence-electron chi connectivity index (χ1n) is 4.74. The van der Waals surface area contributed by atoms with Crippen LogP contribution in [0.3, 0.4) is 0 Å². The van der Waals surface area contributed by atoms with E-state index >= 15 is 0 Å². The van der Waals surface area contributed by atoms with Crippen molar-refractivity contribution in [2.45, 2.75) is 20.3 Å². The maximum Gasteiger partial charge on any atom is 0.241 e. The van der Waals surface area contributed by atoms with Gasteiger partial charge in [-0.2, -0.15) is 0 Å². The highest BCUT2D eigenvalue weighted by atomic mass is 16.2. The molecular formula is C11H16N2O. The van der Waals surface area contributed by atoms with Gasteiger partial charge in [0.15, 0.2) is 0 Å². The van der Waals surface area contributed by atoms with Crippen LogP contribution in [0.15, 0.2) is 30.3 Å². The Morgan fingerprint density at radius 3 is 2.43 bits per heavy atom. The number of benzene rings is 1. The topological polar surface area (TPSA) is 46.3 Å². The van der Waals surface area contributed by atoms with Crippen molar-refractivity contribution in [3.05, 3.63) is 30.3 Å². The number of hydrogen-bond acceptors (Lipinski definition) is 2. The zero-order valence-corrected chi connectivity index (χ0v) is 8.60. The zero-order valence-electron chi connectivity index (χ0n) is 8.60. The maximum atomic E-state index is 11.6. The van der Waals surface area contributed by atoms with Crippen LogP contribution < -0.4 is 10.9 Å². The number of hydrogen-bond donors (Lipinski definition) is 1. The van der Waals surface area contributed by atoms with Gasteiger partial charge in [-0.1, -0.05) is 32.0 Å². The molecule has 0 aliphatic heterocycles. The number of nitrogens with two attached hydrogens (primary N) is 1. The molecule has 0 bridgehead atoms. The van der Waals surface area contributed by atoms with Gasteiger partial charge in [0.1, 0.15) is 0 Å². The summed E-state index contributed by atoms with van der Waals surface area (Å²) in [6, 6.07) is 9.25. The lowest BCUT2D eigenvalue weighted by Gasteiger charge is -2.17. The van der Waals surface area contributed by atoms with Crippen LogP contribution in [0.1, 0.15) is 20.3 Å². The Hall–Kier alpha value is -1.35. The van der Waals surface area contributed by atoms with Crippen molar-refractivity contribution in [3.8, 4) is 0 Å². The summed E-state index contributed by atoms with van der Waals surface area (Å²) in [6.07, 6.45) is 0.478. The molecule has 0 unspecified atom stereocenters. The Morgan fingerprint density at radius 2 is 1.93 bits per heavy atom. The Labute approximate surface area is 84.5 Å². The third-order valence-corrected chi connectivity index (χ3v) is 1.89. The first-order valence-corrected chi connectivity index (χ1v) is 4.74. The van der Waals surface area contributed by atoms with Gasteiger partial charge in [0, 0.05) is 6.42 Å². The highest BCUT2D eigenvalue weighted by Gasteiger charge is 2.12. The van der Waals surface area contributed by atoms with E-state index in [1.54, 1.807) is 0 Å². The van der Waals surface area contributed by atoms with E-state index in [9.17, 15) is 4.79 Å². The normalized spacial score (nSPS) is 10.3. The summed E-state index contributed by atoms with van der Waals surface area (Å²) < 4.78 is 0. The van der Waals surface area contributed by atoms with Crippen molar-refractivity contribution in [2.24, 2.45) is 11.8 Å². The van der Waals surface area contributed by atoms with Crippen LogP contribution in [-0.2, 0) is 4.79 Å². The number of hydrazine groups is 1. The van der Waals surface area contributed by atoms with E-state index in [0.29, 0.717) is 12.3 Å². The average Bonchev–Trinajstić information content (AvgIpc) is 2.17. The fraction of sp³-hybridized carbons (Fsp3) is 0.364. The van der Waals surface area contributed by atoms with Crippen molar-refractivity contribution in [2.75, 3.05) is 5.01 Å². The van der Waals surface area contributed by atoms with Gasteiger partial charge >= 0.3 is 0 Å². The van der Waals surface area contributed by atoms with Crippen LogP contribution in [0, 0.1) is 5.92 Å². The fourth-order valence-corrected chi connectivity index (χ4v) is 1.18. The summed E-state index contributed by atoms with van der Waals surface area (Å²) in [7, 11) is 0. The minimum atomic E-state index is -0.0498. The smallest absolute Gasteiger partial charge is 0.241 e. The molecule has 76 valence electrons. The second-order valence-corrected chi connectivity index (χ2v) is 3.70. The van der Waals surface area contributed by atoms with Crippen LogP contribution in [0.2, 0.25) is 0 Å². The van der Waals surface area contributed by atoms with Crippen LogP contribution in [0.5, 0.6) is 0 Å². The zero-order chi connectivity index (χ0) is 10.6. The first kappa shape index (κ1) is 10.7. The molecule has 0 saturated carbocycles. The predicted octanol–water partition coefficient (Wildman–Crippen LogP) is 1.94. The van der Waals surface area contributed by atoms with Crippen LogP contribution in [0.4, 0.5) is 5.69 Å². The van der Waals surface area contributed by atoms with Gasteiger partial charge in [0.25, 0.3) is 0 Å². The molecule has 3 nitrogen and oxygen atoms in total. The molecule has 0 heterocycles. The van der Waals surface area contributed by atoms with Crippen molar-refractivity contribution in [1.82, 2.24) is 0 Å². The molecule has 0 saturated heterocycles. The third-order valence-electron chi connectivity index (χ3n) is 1.89. The highest BCUT2D eigenvalue weighted by molar-refractivity contribution is 5.92. The number of amides is 1. The molecular weight excluding hydrogens is 176 g/mol. The lowest BCUT2D eigenvalue weighted by Crippen LogP contribution is -2.37. The summed E-state index contributed by atoms with van der Waals surface area (Å²) in [5.41, 5.74) is 0.734. The molecule has 0 aromatic heterocycles. The van der Waals surface area contributed by atoms with E-state index in [-0.39, 0.29) is 5.91 Å². The van der Waals surface area contributed by atoms with Gasteiger partial charge in [-0.3, -0.25) is 4.79 Å². The molecule has 0 radical (unpaired) electrons. The van der Waals surface area contributed by atoms with Gasteiger partial charge in [-0.15, -0.1) is 0 Å². The van der Waals surface area contributed by atoms with Crippen molar-refractivity contribution < 1.29 is 4.79 Å². The van der Waals surface area contributed by atoms with Crippen molar-refractivity contribution >= 4 is 11.6 Å². The Morgan fingerprint density at radius 1 is 1.36 bits per heavy atom. The fourth-order valence-electron chi connectivity index (χ4n) is 1.18. The van der Waals surface area contributed by atoms with Crippen LogP contribution in [0.25, 0.3) is 0 Å². The molecule has 2 N–H and O–H groups in total. The van der Waals surface area contributed by atoms with Crippen molar-refractivity contribution in [3.63, 3.8) is 0 Å². The quantitative estimate of drug-likeness (QED) is 0.452. The molecule has 0 atom stereocenters. The molecule has 1 aromatic carbocycles. The number of rotatable bonds is 3. The number of para-hydroxylation sites is 1. The molecule has 0 aliphatic rings. The molecule has 1 rings (SSSR count). The first-order chi connectivity index (χ1) is 6.61. The molecule has 0 fully saturated rings. The maximum absolute atomic E-state index is 11.6. The average molecular weight is 192 g/mol. The Bertz CT molecular complexity index is 295. The number of carbonyl (C=O) groups is 1. The minimum absolute atomic E-state index is 0.0498. The summed E-state index contributed by atoms with van der Waals surface area (Å²) in [5, 5.41) is 1.21. The Balaban J connectivity index is 2.66. The summed E-state index contributed by atoms with van der Waals surface area (Å²) >= 11 is 0.